The molecule has 23 heavy (non-hydrogen) atoms. The van der Waals surface area contributed by atoms with Crippen molar-refractivity contribution < 1.29 is 10.2 Å². The molecule has 120 valence electrons. The first-order valence-corrected chi connectivity index (χ1v) is 7.79. The molecule has 0 atom stereocenters. The van der Waals surface area contributed by atoms with E-state index in [1.807, 2.05) is 12.1 Å². The Morgan fingerprint density at radius 3 is 1.52 bits per heavy atom. The van der Waals surface area contributed by atoms with Crippen molar-refractivity contribution in [3.8, 4) is 11.5 Å². The van der Waals surface area contributed by atoms with Gasteiger partial charge in [-0.3, -0.25) is 9.98 Å². The van der Waals surface area contributed by atoms with Gasteiger partial charge in [0.05, 0.1) is 0 Å². The molecule has 0 aliphatic carbocycles. The third-order valence-corrected chi connectivity index (χ3v) is 3.37. The second-order valence-electron chi connectivity index (χ2n) is 5.21. The van der Waals surface area contributed by atoms with Crippen molar-refractivity contribution >= 4 is 12.4 Å². The Balaban J connectivity index is 1.60. The minimum absolute atomic E-state index is 0.00393. The summed E-state index contributed by atoms with van der Waals surface area (Å²) in [5, 5.41) is 22.9. The predicted molar refractivity (Wildman–Crippen MR) is 90.5 cm³/mol. The fraction of sp³-hybridized carbons (Fsp3) is 0.263. The third-order valence-electron chi connectivity index (χ3n) is 3.37. The number of para-hydroxylation sites is 2. The molecular weight excluding hydrogens is 288 g/mol. The van der Waals surface area contributed by atoms with E-state index in [9.17, 15) is 10.2 Å². The summed E-state index contributed by atoms with van der Waals surface area (Å²) in [6.45, 7) is 1.42. The van der Waals surface area contributed by atoms with Gasteiger partial charge in [-0.05, 0) is 30.4 Å². The minimum Gasteiger partial charge on any atom is -0.872 e. The standard InChI is InChI=1S/C19H22N2O2/c22-18-10-4-2-8-16(18)14-20-12-6-1-7-13-21-15-17-9-3-5-11-19(17)23/h2-5,8-11,14-15,22-23H,1,6-7,12-13H2/p-2. The Morgan fingerprint density at radius 1 is 0.652 bits per heavy atom. The van der Waals surface area contributed by atoms with Crippen molar-refractivity contribution in [2.24, 2.45) is 9.98 Å². The van der Waals surface area contributed by atoms with E-state index in [1.165, 1.54) is 0 Å². The van der Waals surface area contributed by atoms with Crippen molar-refractivity contribution in [3.05, 3.63) is 59.7 Å². The second kappa shape index (κ2) is 9.41. The quantitative estimate of drug-likeness (QED) is 0.555. The molecule has 0 amide bonds. The van der Waals surface area contributed by atoms with Crippen molar-refractivity contribution in [1.29, 1.82) is 0 Å². The molecule has 0 unspecified atom stereocenters. The molecule has 2 aromatic carbocycles. The largest absolute Gasteiger partial charge is 0.872 e. The lowest BCUT2D eigenvalue weighted by molar-refractivity contribution is -0.269. The monoisotopic (exact) mass is 308 g/mol. The van der Waals surface area contributed by atoms with E-state index in [0.717, 1.165) is 19.3 Å². The van der Waals surface area contributed by atoms with Crippen LogP contribution in [-0.2, 0) is 0 Å². The van der Waals surface area contributed by atoms with Crippen LogP contribution in [0.3, 0.4) is 0 Å². The number of unbranched alkanes of at least 4 members (excludes halogenated alkanes) is 2. The van der Waals surface area contributed by atoms with Crippen molar-refractivity contribution in [2.45, 2.75) is 19.3 Å². The molecule has 0 saturated heterocycles. The van der Waals surface area contributed by atoms with E-state index >= 15 is 0 Å². The van der Waals surface area contributed by atoms with Crippen molar-refractivity contribution in [2.75, 3.05) is 13.1 Å². The molecule has 0 aromatic heterocycles. The summed E-state index contributed by atoms with van der Waals surface area (Å²) in [4.78, 5) is 8.55. The second-order valence-corrected chi connectivity index (χ2v) is 5.21. The summed E-state index contributed by atoms with van der Waals surface area (Å²) in [5.74, 6) is 0.00785. The van der Waals surface area contributed by atoms with Gasteiger partial charge in [-0.15, -0.1) is 11.5 Å². The number of aliphatic imine (C=N–C) groups is 2. The summed E-state index contributed by atoms with van der Waals surface area (Å²) in [5.41, 5.74) is 1.27. The van der Waals surface area contributed by atoms with Crippen LogP contribution in [0.15, 0.2) is 58.5 Å². The molecular formula is C19H20N2O2-2. The average Bonchev–Trinajstić information content (AvgIpc) is 2.56. The lowest BCUT2D eigenvalue weighted by Crippen LogP contribution is -1.96. The number of benzene rings is 2. The highest BCUT2D eigenvalue weighted by molar-refractivity contribution is 5.83. The van der Waals surface area contributed by atoms with Gasteiger partial charge in [0.25, 0.3) is 0 Å². The van der Waals surface area contributed by atoms with Crippen LogP contribution in [0.25, 0.3) is 0 Å². The molecule has 0 aliphatic rings. The highest BCUT2D eigenvalue weighted by Gasteiger charge is 1.90. The first-order valence-electron chi connectivity index (χ1n) is 7.79. The summed E-state index contributed by atoms with van der Waals surface area (Å²) in [7, 11) is 0. The summed E-state index contributed by atoms with van der Waals surface area (Å²) in [6, 6.07) is 13.8. The molecule has 0 spiro atoms. The van der Waals surface area contributed by atoms with Crippen LogP contribution >= 0.6 is 0 Å². The fourth-order valence-electron chi connectivity index (χ4n) is 2.08. The number of nitrogens with zero attached hydrogens (tertiary/aromatic N) is 2. The number of hydrogen-bond acceptors (Lipinski definition) is 4. The molecule has 0 aliphatic heterocycles. The topological polar surface area (TPSA) is 70.8 Å². The van der Waals surface area contributed by atoms with Crippen LogP contribution < -0.4 is 10.2 Å². The van der Waals surface area contributed by atoms with Gasteiger partial charge < -0.3 is 10.2 Å². The zero-order valence-electron chi connectivity index (χ0n) is 13.0. The van der Waals surface area contributed by atoms with Crippen LogP contribution in [0, 0.1) is 0 Å². The third kappa shape index (κ3) is 5.94. The van der Waals surface area contributed by atoms with Crippen LogP contribution in [0.2, 0.25) is 0 Å². The SMILES string of the molecule is [O-]c1ccccc1C=NCCCCCN=Cc1ccccc1[O-]. The van der Waals surface area contributed by atoms with Gasteiger partial charge in [0.1, 0.15) is 0 Å². The van der Waals surface area contributed by atoms with E-state index in [2.05, 4.69) is 9.98 Å². The van der Waals surface area contributed by atoms with E-state index < -0.39 is 0 Å². The Bertz CT molecular complexity index is 608. The van der Waals surface area contributed by atoms with Gasteiger partial charge in [-0.1, -0.05) is 48.5 Å². The lowest BCUT2D eigenvalue weighted by atomic mass is 10.2. The zero-order chi connectivity index (χ0) is 16.3. The Hall–Kier alpha value is -2.62. The maximum atomic E-state index is 11.5. The van der Waals surface area contributed by atoms with E-state index in [1.54, 1.807) is 48.8 Å². The average molecular weight is 308 g/mol. The van der Waals surface area contributed by atoms with Crippen LogP contribution in [0.5, 0.6) is 11.5 Å². The Morgan fingerprint density at radius 2 is 1.09 bits per heavy atom. The molecule has 2 aromatic rings. The molecule has 0 N–H and O–H groups in total. The molecule has 4 nitrogen and oxygen atoms in total. The number of rotatable bonds is 8. The van der Waals surface area contributed by atoms with E-state index in [0.29, 0.717) is 24.2 Å². The molecule has 4 heteroatoms. The summed E-state index contributed by atoms with van der Waals surface area (Å²) in [6.07, 6.45) is 6.24. The molecule has 0 heterocycles. The predicted octanol–water partition coefficient (Wildman–Crippen LogP) is 2.54. The molecule has 0 fully saturated rings. The van der Waals surface area contributed by atoms with Gasteiger partial charge in [0, 0.05) is 25.5 Å². The highest BCUT2D eigenvalue weighted by atomic mass is 16.3. The molecule has 2 rings (SSSR count). The first-order chi connectivity index (χ1) is 11.3. The lowest BCUT2D eigenvalue weighted by Gasteiger charge is -2.08. The zero-order valence-corrected chi connectivity index (χ0v) is 13.0. The summed E-state index contributed by atoms with van der Waals surface area (Å²) >= 11 is 0. The summed E-state index contributed by atoms with van der Waals surface area (Å²) < 4.78 is 0. The fourth-order valence-corrected chi connectivity index (χ4v) is 2.08. The van der Waals surface area contributed by atoms with Gasteiger partial charge in [0.2, 0.25) is 0 Å². The van der Waals surface area contributed by atoms with Crippen molar-refractivity contribution in [1.82, 2.24) is 0 Å². The molecule has 0 saturated carbocycles. The number of hydrogen-bond donors (Lipinski definition) is 0. The Labute approximate surface area is 136 Å². The smallest absolute Gasteiger partial charge is 0.0389 e. The van der Waals surface area contributed by atoms with E-state index in [-0.39, 0.29) is 11.5 Å². The van der Waals surface area contributed by atoms with Gasteiger partial charge in [-0.25, -0.2) is 0 Å². The van der Waals surface area contributed by atoms with Gasteiger partial charge in [0.15, 0.2) is 0 Å². The maximum absolute atomic E-state index is 11.5. The minimum atomic E-state index is 0.00393. The highest BCUT2D eigenvalue weighted by Crippen LogP contribution is 2.10. The van der Waals surface area contributed by atoms with Crippen LogP contribution in [0.1, 0.15) is 30.4 Å². The maximum Gasteiger partial charge on any atom is 0.0389 e. The normalized spacial score (nSPS) is 11.5. The molecule has 0 bridgehead atoms. The van der Waals surface area contributed by atoms with E-state index in [4.69, 9.17) is 0 Å². The Kier molecular flexibility index (Phi) is 6.85. The van der Waals surface area contributed by atoms with Gasteiger partial charge >= 0.3 is 0 Å². The van der Waals surface area contributed by atoms with Gasteiger partial charge in [-0.2, -0.15) is 0 Å². The molecule has 0 radical (unpaired) electrons. The van der Waals surface area contributed by atoms with Crippen LogP contribution in [-0.4, -0.2) is 25.5 Å². The first kappa shape index (κ1) is 16.7. The van der Waals surface area contributed by atoms with Crippen LogP contribution in [0.4, 0.5) is 0 Å². The van der Waals surface area contributed by atoms with Crippen molar-refractivity contribution in [3.63, 3.8) is 0 Å².